The Morgan fingerprint density at radius 2 is 2.00 bits per heavy atom. The predicted molar refractivity (Wildman–Crippen MR) is 109 cm³/mol. The van der Waals surface area contributed by atoms with Crippen LogP contribution in [0.5, 0.6) is 0 Å². The molecule has 9 heteroatoms. The van der Waals surface area contributed by atoms with Gasteiger partial charge < -0.3 is 4.42 Å². The molecule has 0 saturated carbocycles. The average Bonchev–Trinajstić information content (AvgIpc) is 3.23. The van der Waals surface area contributed by atoms with Gasteiger partial charge >= 0.3 is 6.01 Å². The number of aromatic nitrogens is 4. The van der Waals surface area contributed by atoms with Gasteiger partial charge in [-0.15, -0.1) is 10.2 Å². The van der Waals surface area contributed by atoms with Gasteiger partial charge in [0.05, 0.1) is 0 Å². The summed E-state index contributed by atoms with van der Waals surface area (Å²) in [6.07, 6.45) is 0. The van der Waals surface area contributed by atoms with Crippen molar-refractivity contribution >= 4 is 58.0 Å². The third-order valence-electron chi connectivity index (χ3n) is 3.92. The van der Waals surface area contributed by atoms with E-state index in [2.05, 4.69) is 20.5 Å². The van der Waals surface area contributed by atoms with Gasteiger partial charge in [0.15, 0.2) is 10.7 Å². The molecule has 0 spiro atoms. The summed E-state index contributed by atoms with van der Waals surface area (Å²) in [7, 11) is 0. The largest absolute Gasteiger partial charge is 0.423 e. The molecule has 2 aromatic heterocycles. The van der Waals surface area contributed by atoms with Crippen molar-refractivity contribution in [3.8, 4) is 0 Å². The normalized spacial score (nSPS) is 11.2. The molecule has 0 aliphatic rings. The van der Waals surface area contributed by atoms with Crippen LogP contribution in [0.4, 0.5) is 12.0 Å². The van der Waals surface area contributed by atoms with Gasteiger partial charge in [-0.3, -0.25) is 9.88 Å². The number of rotatable bonds is 6. The second-order valence-corrected chi connectivity index (χ2v) is 7.47. The van der Waals surface area contributed by atoms with Gasteiger partial charge in [0.1, 0.15) is 5.52 Å². The molecule has 2 heterocycles. The van der Waals surface area contributed by atoms with E-state index >= 15 is 0 Å². The highest BCUT2D eigenvalue weighted by atomic mass is 35.5. The Morgan fingerprint density at radius 1 is 1.15 bits per heavy atom. The van der Waals surface area contributed by atoms with Crippen molar-refractivity contribution in [2.75, 3.05) is 5.32 Å². The zero-order valence-corrected chi connectivity index (χ0v) is 16.6. The summed E-state index contributed by atoms with van der Waals surface area (Å²) in [5.74, 6) is 1.27. The van der Waals surface area contributed by atoms with Crippen LogP contribution in [0.1, 0.15) is 12.5 Å². The zero-order valence-electron chi connectivity index (χ0n) is 14.3. The standard InChI is InChI=1S/C18H15Cl2N5OS/c1-2-25-16(22-17-21-14-9-12(19)7-8-15(14)26-17)23-24-18(25)27-10-11-5-3-4-6-13(11)20/h3-9H,2,10H2,1H3,(H,21,22,23). The molecule has 0 unspecified atom stereocenters. The van der Waals surface area contributed by atoms with Crippen LogP contribution in [0.3, 0.4) is 0 Å². The topological polar surface area (TPSA) is 68.8 Å². The van der Waals surface area contributed by atoms with Crippen LogP contribution in [0, 0.1) is 0 Å². The van der Waals surface area contributed by atoms with E-state index in [0.29, 0.717) is 40.4 Å². The summed E-state index contributed by atoms with van der Waals surface area (Å²) in [6, 6.07) is 13.4. The Labute approximate surface area is 169 Å². The molecule has 1 N–H and O–H groups in total. The van der Waals surface area contributed by atoms with Crippen molar-refractivity contribution in [3.63, 3.8) is 0 Å². The van der Waals surface area contributed by atoms with Crippen LogP contribution in [0.25, 0.3) is 11.1 Å². The first-order valence-corrected chi connectivity index (χ1v) is 10.0. The molecule has 0 fully saturated rings. The molecular formula is C18H15Cl2N5OS. The fourth-order valence-corrected chi connectivity index (χ4v) is 4.03. The second-order valence-electron chi connectivity index (χ2n) is 5.69. The molecule has 4 rings (SSSR count). The number of halogens is 2. The average molecular weight is 420 g/mol. The van der Waals surface area contributed by atoms with Gasteiger partial charge in [0, 0.05) is 22.3 Å². The number of benzene rings is 2. The van der Waals surface area contributed by atoms with Crippen LogP contribution >= 0.6 is 35.0 Å². The quantitative estimate of drug-likeness (QED) is 0.399. The van der Waals surface area contributed by atoms with Crippen molar-refractivity contribution in [3.05, 3.63) is 58.1 Å². The molecule has 0 amide bonds. The number of nitrogens with one attached hydrogen (secondary N) is 1. The van der Waals surface area contributed by atoms with E-state index in [4.69, 9.17) is 27.6 Å². The third-order valence-corrected chi connectivity index (χ3v) is 5.54. The maximum atomic E-state index is 6.23. The Hall–Kier alpha value is -2.22. The Kier molecular flexibility index (Phi) is 5.24. The predicted octanol–water partition coefficient (Wildman–Crippen LogP) is 5.78. The summed E-state index contributed by atoms with van der Waals surface area (Å²) in [5.41, 5.74) is 2.39. The fourth-order valence-electron chi connectivity index (χ4n) is 2.58. The minimum atomic E-state index is 0.344. The number of nitrogens with zero attached hydrogens (tertiary/aromatic N) is 4. The minimum absolute atomic E-state index is 0.344. The first kappa shape index (κ1) is 18.2. The molecular weight excluding hydrogens is 405 g/mol. The van der Waals surface area contributed by atoms with Crippen molar-refractivity contribution in [2.24, 2.45) is 0 Å². The van der Waals surface area contributed by atoms with Crippen LogP contribution < -0.4 is 5.32 Å². The van der Waals surface area contributed by atoms with Gasteiger partial charge in [0.25, 0.3) is 0 Å². The summed E-state index contributed by atoms with van der Waals surface area (Å²) >= 11 is 13.8. The van der Waals surface area contributed by atoms with Crippen molar-refractivity contribution in [2.45, 2.75) is 24.4 Å². The number of thioether (sulfide) groups is 1. The summed E-state index contributed by atoms with van der Waals surface area (Å²) in [5, 5.41) is 13.7. The van der Waals surface area contributed by atoms with Gasteiger partial charge in [-0.1, -0.05) is 53.2 Å². The summed E-state index contributed by atoms with van der Waals surface area (Å²) in [4.78, 5) is 4.39. The lowest BCUT2D eigenvalue weighted by Crippen LogP contribution is -2.03. The minimum Gasteiger partial charge on any atom is -0.423 e. The maximum Gasteiger partial charge on any atom is 0.302 e. The highest BCUT2D eigenvalue weighted by molar-refractivity contribution is 7.98. The van der Waals surface area contributed by atoms with Gasteiger partial charge in [-0.25, -0.2) is 0 Å². The van der Waals surface area contributed by atoms with E-state index in [1.54, 1.807) is 30.0 Å². The molecule has 0 atom stereocenters. The van der Waals surface area contributed by atoms with E-state index in [9.17, 15) is 0 Å². The smallest absolute Gasteiger partial charge is 0.302 e. The van der Waals surface area contributed by atoms with Gasteiger partial charge in [0.2, 0.25) is 5.95 Å². The highest BCUT2D eigenvalue weighted by Gasteiger charge is 2.15. The maximum absolute atomic E-state index is 6.23. The number of oxazole rings is 1. The van der Waals surface area contributed by atoms with E-state index in [-0.39, 0.29) is 0 Å². The van der Waals surface area contributed by atoms with Crippen molar-refractivity contribution < 1.29 is 4.42 Å². The second kappa shape index (κ2) is 7.80. The fraction of sp³-hybridized carbons (Fsp3) is 0.167. The lowest BCUT2D eigenvalue weighted by molar-refractivity contribution is 0.617. The molecule has 2 aromatic carbocycles. The highest BCUT2D eigenvalue weighted by Crippen LogP contribution is 2.29. The zero-order chi connectivity index (χ0) is 18.8. The van der Waals surface area contributed by atoms with Crippen molar-refractivity contribution in [1.82, 2.24) is 19.7 Å². The molecule has 138 valence electrons. The van der Waals surface area contributed by atoms with Gasteiger partial charge in [-0.2, -0.15) is 4.98 Å². The summed E-state index contributed by atoms with van der Waals surface area (Å²) in [6.45, 7) is 2.73. The molecule has 27 heavy (non-hydrogen) atoms. The summed E-state index contributed by atoms with van der Waals surface area (Å²) < 4.78 is 7.66. The number of hydrogen-bond acceptors (Lipinski definition) is 6. The molecule has 0 saturated heterocycles. The Bertz CT molecular complexity index is 1090. The van der Waals surface area contributed by atoms with Crippen LogP contribution in [0.15, 0.2) is 52.0 Å². The SMILES string of the molecule is CCn1c(Nc2nc3cc(Cl)ccc3o2)nnc1SCc1ccccc1Cl. The molecule has 6 nitrogen and oxygen atoms in total. The Morgan fingerprint density at radius 3 is 2.81 bits per heavy atom. The monoisotopic (exact) mass is 419 g/mol. The number of anilines is 2. The van der Waals surface area contributed by atoms with E-state index < -0.39 is 0 Å². The number of fused-ring (bicyclic) bond motifs is 1. The van der Waals surface area contributed by atoms with E-state index in [1.165, 1.54) is 0 Å². The first-order chi connectivity index (χ1) is 13.1. The van der Waals surface area contributed by atoms with Crippen LogP contribution in [-0.2, 0) is 12.3 Å². The van der Waals surface area contributed by atoms with E-state index in [0.717, 1.165) is 15.7 Å². The number of hydrogen-bond donors (Lipinski definition) is 1. The lowest BCUT2D eigenvalue weighted by atomic mass is 10.2. The van der Waals surface area contributed by atoms with E-state index in [1.807, 2.05) is 35.8 Å². The van der Waals surface area contributed by atoms with Gasteiger partial charge in [-0.05, 0) is 36.8 Å². The molecule has 4 aromatic rings. The third kappa shape index (κ3) is 3.90. The first-order valence-electron chi connectivity index (χ1n) is 8.26. The Balaban J connectivity index is 1.54. The van der Waals surface area contributed by atoms with Crippen LogP contribution in [0.2, 0.25) is 10.0 Å². The molecule has 0 aliphatic carbocycles. The lowest BCUT2D eigenvalue weighted by Gasteiger charge is -2.07. The van der Waals surface area contributed by atoms with Crippen molar-refractivity contribution in [1.29, 1.82) is 0 Å². The molecule has 0 radical (unpaired) electrons. The van der Waals surface area contributed by atoms with Crippen LogP contribution in [-0.4, -0.2) is 19.7 Å². The molecule has 0 aliphatic heterocycles. The molecule has 0 bridgehead atoms.